The predicted octanol–water partition coefficient (Wildman–Crippen LogP) is 4.26. The second-order valence-electron chi connectivity index (χ2n) is 4.69. The van der Waals surface area contributed by atoms with Crippen molar-refractivity contribution in [2.24, 2.45) is 5.10 Å². The number of benzene rings is 2. The third-order valence-electron chi connectivity index (χ3n) is 3.17. The highest BCUT2D eigenvalue weighted by Gasteiger charge is 2.08. The molecule has 0 amide bonds. The second kappa shape index (κ2) is 6.89. The van der Waals surface area contributed by atoms with Gasteiger partial charge in [0.15, 0.2) is 5.82 Å². The van der Waals surface area contributed by atoms with Gasteiger partial charge >= 0.3 is 0 Å². The summed E-state index contributed by atoms with van der Waals surface area (Å²) in [5.74, 6) is 1.38. The topological polar surface area (TPSA) is 55.2 Å². The zero-order chi connectivity index (χ0) is 16.2. The van der Waals surface area contributed by atoms with Crippen LogP contribution >= 0.6 is 28.1 Å². The molecule has 1 aromatic heterocycles. The first-order chi connectivity index (χ1) is 11.2. The summed E-state index contributed by atoms with van der Waals surface area (Å²) < 4.78 is 8.28. The number of halogens is 1. The molecule has 0 bridgehead atoms. The molecule has 0 aliphatic carbocycles. The van der Waals surface area contributed by atoms with E-state index in [-0.39, 0.29) is 0 Å². The molecule has 23 heavy (non-hydrogen) atoms. The van der Waals surface area contributed by atoms with Crippen molar-refractivity contribution in [1.82, 2.24) is 14.9 Å². The van der Waals surface area contributed by atoms with Gasteiger partial charge in [0.1, 0.15) is 5.75 Å². The Labute approximate surface area is 146 Å². The van der Waals surface area contributed by atoms with Gasteiger partial charge in [-0.25, -0.2) is 5.10 Å². The lowest BCUT2D eigenvalue weighted by molar-refractivity contribution is 0.415. The summed E-state index contributed by atoms with van der Waals surface area (Å²) in [4.78, 5) is 0. The van der Waals surface area contributed by atoms with Gasteiger partial charge in [-0.1, -0.05) is 40.2 Å². The molecule has 7 heteroatoms. The van der Waals surface area contributed by atoms with Gasteiger partial charge in [-0.3, -0.25) is 0 Å². The van der Waals surface area contributed by atoms with E-state index in [1.54, 1.807) is 18.0 Å². The van der Waals surface area contributed by atoms with Crippen LogP contribution < -0.4 is 4.74 Å². The van der Waals surface area contributed by atoms with Crippen LogP contribution in [-0.2, 0) is 0 Å². The molecule has 1 N–H and O–H groups in total. The van der Waals surface area contributed by atoms with Gasteiger partial charge in [-0.15, -0.1) is 0 Å². The van der Waals surface area contributed by atoms with Crippen LogP contribution in [0.5, 0.6) is 5.75 Å². The number of hydrogen-bond acceptors (Lipinski definition) is 4. The zero-order valence-electron chi connectivity index (χ0n) is 12.2. The average Bonchev–Trinajstić information content (AvgIpc) is 2.95. The molecule has 5 nitrogen and oxygen atoms in total. The molecular weight excluding hydrogens is 376 g/mol. The number of rotatable bonds is 4. The first kappa shape index (κ1) is 15.6. The third-order valence-corrected chi connectivity index (χ3v) is 3.96. The molecule has 2 aromatic carbocycles. The summed E-state index contributed by atoms with van der Waals surface area (Å²) in [7, 11) is 1.63. The van der Waals surface area contributed by atoms with Crippen LogP contribution in [-0.4, -0.2) is 28.2 Å². The minimum Gasteiger partial charge on any atom is -0.497 e. The molecule has 3 rings (SSSR count). The normalized spacial score (nSPS) is 11.0. The highest BCUT2D eigenvalue weighted by Crippen LogP contribution is 2.22. The average molecular weight is 389 g/mol. The molecule has 3 aromatic rings. The van der Waals surface area contributed by atoms with Crippen molar-refractivity contribution in [3.8, 4) is 17.1 Å². The minimum atomic E-state index is 0.427. The summed E-state index contributed by atoms with van der Waals surface area (Å²) in [6, 6.07) is 15.4. The van der Waals surface area contributed by atoms with Crippen molar-refractivity contribution in [3.63, 3.8) is 0 Å². The van der Waals surface area contributed by atoms with Crippen molar-refractivity contribution < 1.29 is 4.74 Å². The Kier molecular flexibility index (Phi) is 4.68. The molecule has 0 spiro atoms. The molecule has 0 atom stereocenters. The highest BCUT2D eigenvalue weighted by molar-refractivity contribution is 9.10. The van der Waals surface area contributed by atoms with Gasteiger partial charge in [0.25, 0.3) is 0 Å². The Morgan fingerprint density at radius 1 is 1.26 bits per heavy atom. The van der Waals surface area contributed by atoms with E-state index in [1.165, 1.54) is 0 Å². The molecule has 116 valence electrons. The summed E-state index contributed by atoms with van der Waals surface area (Å²) in [6.07, 6.45) is 1.74. The van der Waals surface area contributed by atoms with Crippen LogP contribution in [0.2, 0.25) is 0 Å². The second-order valence-corrected chi connectivity index (χ2v) is 5.99. The number of ether oxygens (including phenoxy) is 1. The Hall–Kier alpha value is -2.25. The quantitative estimate of drug-likeness (QED) is 0.536. The lowest BCUT2D eigenvalue weighted by Gasteiger charge is -2.03. The van der Waals surface area contributed by atoms with E-state index in [0.29, 0.717) is 10.6 Å². The molecule has 1 heterocycles. The van der Waals surface area contributed by atoms with Crippen LogP contribution in [0.15, 0.2) is 58.1 Å². The standard InChI is InChI=1S/C16H13BrN4OS/c1-22-14-4-2-3-12(9-14)15-19-20-16(23)21(15)18-10-11-5-7-13(17)8-6-11/h2-10H,1H3,(H,20,23). The fourth-order valence-electron chi connectivity index (χ4n) is 2.02. The fraction of sp³-hybridized carbons (Fsp3) is 0.0625. The van der Waals surface area contributed by atoms with Crippen molar-refractivity contribution in [1.29, 1.82) is 0 Å². The zero-order valence-corrected chi connectivity index (χ0v) is 14.6. The smallest absolute Gasteiger partial charge is 0.216 e. The number of methoxy groups -OCH3 is 1. The third kappa shape index (κ3) is 3.57. The summed E-state index contributed by atoms with van der Waals surface area (Å²) in [5, 5.41) is 11.5. The first-order valence-electron chi connectivity index (χ1n) is 6.79. The van der Waals surface area contributed by atoms with Gasteiger partial charge in [-0.2, -0.15) is 14.9 Å². The SMILES string of the molecule is COc1cccc(-c2n[nH]c(=S)n2N=Cc2ccc(Br)cc2)c1. The molecule has 0 unspecified atom stereocenters. The van der Waals surface area contributed by atoms with Crippen LogP contribution in [0.3, 0.4) is 0 Å². The Morgan fingerprint density at radius 2 is 2.04 bits per heavy atom. The van der Waals surface area contributed by atoms with E-state index >= 15 is 0 Å². The molecule has 0 saturated heterocycles. The van der Waals surface area contributed by atoms with Crippen LogP contribution in [0.25, 0.3) is 11.4 Å². The maximum absolute atomic E-state index is 5.26. The number of nitrogens with zero attached hydrogens (tertiary/aromatic N) is 3. The van der Waals surface area contributed by atoms with Crippen molar-refractivity contribution in [2.75, 3.05) is 7.11 Å². The monoisotopic (exact) mass is 388 g/mol. The van der Waals surface area contributed by atoms with E-state index in [1.807, 2.05) is 48.5 Å². The number of nitrogens with one attached hydrogen (secondary N) is 1. The first-order valence-corrected chi connectivity index (χ1v) is 7.99. The van der Waals surface area contributed by atoms with Gasteiger partial charge in [0.2, 0.25) is 4.77 Å². The number of hydrogen-bond donors (Lipinski definition) is 1. The van der Waals surface area contributed by atoms with Crippen LogP contribution in [0.4, 0.5) is 0 Å². The summed E-state index contributed by atoms with van der Waals surface area (Å²) in [6.45, 7) is 0. The van der Waals surface area contributed by atoms with Crippen molar-refractivity contribution in [2.45, 2.75) is 0 Å². The number of aromatic nitrogens is 3. The summed E-state index contributed by atoms with van der Waals surface area (Å²) in [5.41, 5.74) is 1.83. The number of aromatic amines is 1. The van der Waals surface area contributed by atoms with Gasteiger partial charge < -0.3 is 4.74 Å². The van der Waals surface area contributed by atoms with E-state index in [4.69, 9.17) is 17.0 Å². The lowest BCUT2D eigenvalue weighted by atomic mass is 10.2. The maximum Gasteiger partial charge on any atom is 0.216 e. The molecule has 0 aliphatic heterocycles. The molecule has 0 saturated carbocycles. The number of H-pyrrole nitrogens is 1. The summed E-state index contributed by atoms with van der Waals surface area (Å²) >= 11 is 8.67. The lowest BCUT2D eigenvalue weighted by Crippen LogP contribution is -1.95. The Morgan fingerprint density at radius 3 is 2.78 bits per heavy atom. The van der Waals surface area contributed by atoms with Crippen LogP contribution in [0.1, 0.15) is 5.56 Å². The van der Waals surface area contributed by atoms with Crippen LogP contribution in [0, 0.1) is 4.77 Å². The van der Waals surface area contributed by atoms with Crippen molar-refractivity contribution >= 4 is 34.4 Å². The van der Waals surface area contributed by atoms with Gasteiger partial charge in [-0.05, 0) is 42.0 Å². The fourth-order valence-corrected chi connectivity index (χ4v) is 2.46. The van der Waals surface area contributed by atoms with E-state index in [2.05, 4.69) is 31.2 Å². The largest absolute Gasteiger partial charge is 0.497 e. The maximum atomic E-state index is 5.26. The molecule has 0 radical (unpaired) electrons. The minimum absolute atomic E-state index is 0.427. The molecular formula is C16H13BrN4OS. The van der Waals surface area contributed by atoms with Gasteiger partial charge in [0.05, 0.1) is 13.3 Å². The van der Waals surface area contributed by atoms with E-state index in [9.17, 15) is 0 Å². The molecule has 0 fully saturated rings. The molecule has 0 aliphatic rings. The van der Waals surface area contributed by atoms with Crippen molar-refractivity contribution in [3.05, 3.63) is 63.3 Å². The Balaban J connectivity index is 1.98. The predicted molar refractivity (Wildman–Crippen MR) is 96.5 cm³/mol. The highest BCUT2D eigenvalue weighted by atomic mass is 79.9. The van der Waals surface area contributed by atoms with E-state index < -0.39 is 0 Å². The Bertz CT molecular complexity index is 899. The van der Waals surface area contributed by atoms with E-state index in [0.717, 1.165) is 21.3 Å². The van der Waals surface area contributed by atoms with Gasteiger partial charge in [0, 0.05) is 10.0 Å².